The van der Waals surface area contributed by atoms with E-state index in [1.807, 2.05) is 20.8 Å². The lowest BCUT2D eigenvalue weighted by molar-refractivity contribution is -0.204. The van der Waals surface area contributed by atoms with Crippen LogP contribution in [0.5, 0.6) is 0 Å². The van der Waals surface area contributed by atoms with Crippen molar-refractivity contribution in [2.75, 3.05) is 0 Å². The summed E-state index contributed by atoms with van der Waals surface area (Å²) in [6, 6.07) is 0. The van der Waals surface area contributed by atoms with Crippen LogP contribution in [-0.4, -0.2) is 35.4 Å². The normalized spacial score (nSPS) is 46.6. The van der Waals surface area contributed by atoms with Crippen LogP contribution in [0.2, 0.25) is 0 Å². The molecule has 2 aliphatic carbocycles. The van der Waals surface area contributed by atoms with Crippen LogP contribution in [0.1, 0.15) is 47.5 Å². The molecule has 2 rings (SSSR count). The van der Waals surface area contributed by atoms with E-state index in [9.17, 15) is 19.5 Å². The predicted molar refractivity (Wildman–Crippen MR) is 79.9 cm³/mol. The molecule has 0 aromatic heterocycles. The fourth-order valence-electron chi connectivity index (χ4n) is 5.31. The van der Waals surface area contributed by atoms with E-state index in [0.717, 1.165) is 12.6 Å². The standard InChI is InChI=1S/C17H26O5/c1-10-6-13(22-11(2)20)14-15(3,4)8-16(5,9-19)17(14,21)12(10)7-18/h7,9-10,12-14,21H,6,8H2,1-5H3/t10?,12?,13?,14-,16+,17+/m0/s1. The average Bonchev–Trinajstić information content (AvgIpc) is 2.52. The molecule has 0 aliphatic heterocycles. The molecular formula is C17H26O5. The van der Waals surface area contributed by atoms with Gasteiger partial charge in [0.1, 0.15) is 18.7 Å². The van der Waals surface area contributed by atoms with Gasteiger partial charge in [-0.1, -0.05) is 27.7 Å². The molecule has 0 aromatic carbocycles. The molecule has 0 amide bonds. The third-order valence-corrected chi connectivity index (χ3v) is 5.87. The minimum atomic E-state index is -1.49. The Kier molecular flexibility index (Phi) is 4.01. The number of ether oxygens (including phenoxy) is 1. The van der Waals surface area contributed by atoms with Gasteiger partial charge in [0.15, 0.2) is 0 Å². The van der Waals surface area contributed by atoms with Crippen LogP contribution in [0, 0.1) is 28.6 Å². The third kappa shape index (κ3) is 2.13. The summed E-state index contributed by atoms with van der Waals surface area (Å²) in [4.78, 5) is 34.9. The summed E-state index contributed by atoms with van der Waals surface area (Å²) in [6.45, 7) is 8.84. The zero-order valence-electron chi connectivity index (χ0n) is 14.0. The van der Waals surface area contributed by atoms with E-state index in [2.05, 4.69) is 0 Å². The van der Waals surface area contributed by atoms with Crippen molar-refractivity contribution in [3.63, 3.8) is 0 Å². The van der Waals surface area contributed by atoms with Gasteiger partial charge in [0, 0.05) is 18.8 Å². The van der Waals surface area contributed by atoms with Gasteiger partial charge >= 0.3 is 5.97 Å². The van der Waals surface area contributed by atoms with Crippen molar-refractivity contribution in [3.8, 4) is 0 Å². The Labute approximate surface area is 131 Å². The first kappa shape index (κ1) is 17.1. The molecule has 0 aromatic rings. The first-order valence-corrected chi connectivity index (χ1v) is 7.84. The molecule has 0 spiro atoms. The van der Waals surface area contributed by atoms with Crippen molar-refractivity contribution >= 4 is 18.5 Å². The third-order valence-electron chi connectivity index (χ3n) is 5.87. The van der Waals surface area contributed by atoms with Gasteiger partial charge in [0.05, 0.1) is 11.0 Å². The predicted octanol–water partition coefficient (Wildman–Crippen LogP) is 1.76. The second-order valence-corrected chi connectivity index (χ2v) is 8.03. The number of hydrogen-bond acceptors (Lipinski definition) is 5. The van der Waals surface area contributed by atoms with E-state index in [1.54, 1.807) is 6.92 Å². The molecule has 2 fully saturated rings. The molecule has 3 unspecified atom stereocenters. The summed E-state index contributed by atoms with van der Waals surface area (Å²) in [6.07, 6.45) is 2.04. The molecule has 0 radical (unpaired) electrons. The Bertz CT molecular complexity index is 499. The van der Waals surface area contributed by atoms with E-state index in [4.69, 9.17) is 4.74 Å². The molecule has 5 nitrogen and oxygen atoms in total. The fraction of sp³-hybridized carbons (Fsp3) is 0.824. The molecule has 124 valence electrons. The SMILES string of the molecule is CC(=O)OC1CC(C)C(C=O)[C@@]2(O)[C@@H]1C(C)(C)C[C@]2(C)C=O. The first-order chi connectivity index (χ1) is 10.0. The van der Waals surface area contributed by atoms with Gasteiger partial charge in [0.25, 0.3) is 0 Å². The van der Waals surface area contributed by atoms with Crippen LogP contribution in [0.15, 0.2) is 0 Å². The van der Waals surface area contributed by atoms with Crippen molar-refractivity contribution in [3.05, 3.63) is 0 Å². The first-order valence-electron chi connectivity index (χ1n) is 7.84. The summed E-state index contributed by atoms with van der Waals surface area (Å²) < 4.78 is 5.48. The molecule has 0 bridgehead atoms. The van der Waals surface area contributed by atoms with Gasteiger partial charge in [-0.25, -0.2) is 0 Å². The van der Waals surface area contributed by atoms with Crippen molar-refractivity contribution in [1.29, 1.82) is 0 Å². The van der Waals surface area contributed by atoms with Crippen LogP contribution in [0.4, 0.5) is 0 Å². The molecule has 2 aliphatic rings. The minimum Gasteiger partial charge on any atom is -0.462 e. The van der Waals surface area contributed by atoms with E-state index in [-0.39, 0.29) is 5.92 Å². The maximum atomic E-state index is 11.8. The maximum absolute atomic E-state index is 11.8. The van der Waals surface area contributed by atoms with Crippen LogP contribution in [0.25, 0.3) is 0 Å². The number of aldehydes is 2. The van der Waals surface area contributed by atoms with Crippen molar-refractivity contribution in [2.45, 2.75) is 59.2 Å². The fourth-order valence-corrected chi connectivity index (χ4v) is 5.31. The molecule has 0 saturated heterocycles. The highest BCUT2D eigenvalue weighted by Crippen LogP contribution is 2.65. The van der Waals surface area contributed by atoms with Crippen LogP contribution in [-0.2, 0) is 19.1 Å². The smallest absolute Gasteiger partial charge is 0.302 e. The van der Waals surface area contributed by atoms with Crippen molar-refractivity contribution in [2.24, 2.45) is 28.6 Å². The number of rotatable bonds is 3. The summed E-state index contributed by atoms with van der Waals surface area (Å²) in [7, 11) is 0. The Morgan fingerprint density at radius 3 is 2.32 bits per heavy atom. The second-order valence-electron chi connectivity index (χ2n) is 8.03. The largest absolute Gasteiger partial charge is 0.462 e. The number of fused-ring (bicyclic) bond motifs is 1. The maximum Gasteiger partial charge on any atom is 0.302 e. The Balaban J connectivity index is 2.61. The highest BCUT2D eigenvalue weighted by molar-refractivity contribution is 5.69. The number of hydrogen-bond donors (Lipinski definition) is 1. The van der Waals surface area contributed by atoms with Crippen molar-refractivity contribution in [1.82, 2.24) is 0 Å². The topological polar surface area (TPSA) is 80.7 Å². The van der Waals surface area contributed by atoms with E-state index >= 15 is 0 Å². The number of carbonyl (C=O) groups is 3. The van der Waals surface area contributed by atoms with E-state index in [1.165, 1.54) is 6.92 Å². The summed E-state index contributed by atoms with van der Waals surface area (Å²) >= 11 is 0. The summed E-state index contributed by atoms with van der Waals surface area (Å²) in [5, 5.41) is 11.5. The molecule has 0 heterocycles. The Hall–Kier alpha value is -1.23. The molecule has 2 saturated carbocycles. The van der Waals surface area contributed by atoms with E-state index in [0.29, 0.717) is 12.8 Å². The van der Waals surface area contributed by atoms with Gasteiger partial charge in [-0.3, -0.25) is 4.79 Å². The highest BCUT2D eigenvalue weighted by atomic mass is 16.5. The Morgan fingerprint density at radius 1 is 1.27 bits per heavy atom. The summed E-state index contributed by atoms with van der Waals surface area (Å²) in [5.41, 5.74) is -2.93. The molecule has 6 atom stereocenters. The average molecular weight is 310 g/mol. The van der Waals surface area contributed by atoms with Gasteiger partial charge in [-0.05, 0) is 24.2 Å². The van der Waals surface area contributed by atoms with Gasteiger partial charge in [-0.2, -0.15) is 0 Å². The number of carbonyl (C=O) groups excluding carboxylic acids is 3. The van der Waals surface area contributed by atoms with Gasteiger partial charge in [-0.15, -0.1) is 0 Å². The second kappa shape index (κ2) is 5.15. The molecular weight excluding hydrogens is 284 g/mol. The zero-order chi connectivity index (χ0) is 16.9. The summed E-state index contributed by atoms with van der Waals surface area (Å²) in [5.74, 6) is -1.64. The number of esters is 1. The molecule has 22 heavy (non-hydrogen) atoms. The molecule has 1 N–H and O–H groups in total. The van der Waals surface area contributed by atoms with Crippen molar-refractivity contribution < 1.29 is 24.2 Å². The van der Waals surface area contributed by atoms with Crippen LogP contribution in [0.3, 0.4) is 0 Å². The lowest BCUT2D eigenvalue weighted by Gasteiger charge is -2.53. The molecule has 5 heteroatoms. The number of aliphatic hydroxyl groups is 1. The van der Waals surface area contributed by atoms with E-state index < -0.39 is 40.3 Å². The van der Waals surface area contributed by atoms with Crippen LogP contribution < -0.4 is 0 Å². The monoisotopic (exact) mass is 310 g/mol. The van der Waals surface area contributed by atoms with Gasteiger partial charge < -0.3 is 19.4 Å². The lowest BCUT2D eigenvalue weighted by atomic mass is 9.56. The lowest BCUT2D eigenvalue weighted by Crippen LogP contribution is -2.63. The van der Waals surface area contributed by atoms with Gasteiger partial charge in [0.2, 0.25) is 0 Å². The quantitative estimate of drug-likeness (QED) is 0.634. The minimum absolute atomic E-state index is 0.156. The Morgan fingerprint density at radius 2 is 1.86 bits per heavy atom. The van der Waals surface area contributed by atoms with Crippen LogP contribution >= 0.6 is 0 Å². The zero-order valence-corrected chi connectivity index (χ0v) is 14.0. The highest BCUT2D eigenvalue weighted by Gasteiger charge is 2.72.